The molecule has 1 atom stereocenters. The fourth-order valence-corrected chi connectivity index (χ4v) is 2.70. The molecule has 3 heterocycles. The van der Waals surface area contributed by atoms with Gasteiger partial charge < -0.3 is 9.47 Å². The summed E-state index contributed by atoms with van der Waals surface area (Å²) in [6, 6.07) is 0. The molecular formula is C14H20N6O3. The van der Waals surface area contributed by atoms with E-state index in [-0.39, 0.29) is 6.23 Å². The SMILES string of the molecule is CCOC(=O)c1nn(C2CCCCO2)c(Cn2cnnn2)c1C. The van der Waals surface area contributed by atoms with Crippen molar-refractivity contribution < 1.29 is 14.3 Å². The predicted molar refractivity (Wildman–Crippen MR) is 78.7 cm³/mol. The van der Waals surface area contributed by atoms with Gasteiger partial charge in [0.15, 0.2) is 11.9 Å². The maximum Gasteiger partial charge on any atom is 0.359 e. The van der Waals surface area contributed by atoms with Gasteiger partial charge in [-0.05, 0) is 43.5 Å². The van der Waals surface area contributed by atoms with E-state index < -0.39 is 5.97 Å². The number of hydrogen-bond donors (Lipinski definition) is 0. The molecule has 1 unspecified atom stereocenters. The highest BCUT2D eigenvalue weighted by Crippen LogP contribution is 2.26. The van der Waals surface area contributed by atoms with Crippen LogP contribution in [0.25, 0.3) is 0 Å². The summed E-state index contributed by atoms with van der Waals surface area (Å²) < 4.78 is 14.3. The molecule has 9 heteroatoms. The molecule has 0 spiro atoms. The average molecular weight is 320 g/mol. The van der Waals surface area contributed by atoms with Crippen molar-refractivity contribution in [1.82, 2.24) is 30.0 Å². The minimum atomic E-state index is -0.419. The molecule has 1 aliphatic heterocycles. The van der Waals surface area contributed by atoms with Gasteiger partial charge in [-0.3, -0.25) is 0 Å². The molecule has 2 aromatic heterocycles. The Morgan fingerprint density at radius 1 is 1.48 bits per heavy atom. The van der Waals surface area contributed by atoms with E-state index in [0.717, 1.165) is 30.5 Å². The van der Waals surface area contributed by atoms with E-state index >= 15 is 0 Å². The number of tetrazole rings is 1. The Kier molecular flexibility index (Phi) is 4.65. The van der Waals surface area contributed by atoms with E-state index in [9.17, 15) is 4.79 Å². The molecule has 1 aliphatic rings. The number of rotatable bonds is 5. The summed E-state index contributed by atoms with van der Waals surface area (Å²) in [6.07, 6.45) is 4.35. The first-order valence-electron chi connectivity index (χ1n) is 7.78. The highest BCUT2D eigenvalue weighted by atomic mass is 16.5. The monoisotopic (exact) mass is 320 g/mol. The minimum absolute atomic E-state index is 0.169. The number of carbonyl (C=O) groups is 1. The zero-order chi connectivity index (χ0) is 16.2. The van der Waals surface area contributed by atoms with Gasteiger partial charge in [0, 0.05) is 12.2 Å². The van der Waals surface area contributed by atoms with Crippen molar-refractivity contribution in [2.24, 2.45) is 0 Å². The Morgan fingerprint density at radius 2 is 2.35 bits per heavy atom. The summed E-state index contributed by atoms with van der Waals surface area (Å²) in [5, 5.41) is 15.6. The number of carbonyl (C=O) groups excluding carboxylic acids is 1. The normalized spacial score (nSPS) is 18.1. The molecule has 0 bridgehead atoms. The van der Waals surface area contributed by atoms with E-state index in [4.69, 9.17) is 9.47 Å². The second-order valence-corrected chi connectivity index (χ2v) is 5.41. The lowest BCUT2D eigenvalue weighted by Gasteiger charge is -2.24. The van der Waals surface area contributed by atoms with Crippen LogP contribution in [0.4, 0.5) is 0 Å². The van der Waals surface area contributed by atoms with Gasteiger partial charge in [0.25, 0.3) is 0 Å². The summed E-state index contributed by atoms with van der Waals surface area (Å²) in [7, 11) is 0. The summed E-state index contributed by atoms with van der Waals surface area (Å²) in [5.74, 6) is -0.419. The third kappa shape index (κ3) is 3.24. The number of ether oxygens (including phenoxy) is 2. The molecular weight excluding hydrogens is 300 g/mol. The number of hydrogen-bond acceptors (Lipinski definition) is 7. The van der Waals surface area contributed by atoms with Gasteiger partial charge in [0.05, 0.1) is 18.8 Å². The molecule has 0 aliphatic carbocycles. The smallest absolute Gasteiger partial charge is 0.359 e. The van der Waals surface area contributed by atoms with Crippen molar-refractivity contribution in [3.8, 4) is 0 Å². The summed E-state index contributed by atoms with van der Waals surface area (Å²) in [4.78, 5) is 12.1. The van der Waals surface area contributed by atoms with Crippen LogP contribution in [0.1, 0.15) is 54.2 Å². The molecule has 3 rings (SSSR count). The van der Waals surface area contributed by atoms with Gasteiger partial charge in [-0.15, -0.1) is 5.10 Å². The van der Waals surface area contributed by atoms with Gasteiger partial charge in [0.2, 0.25) is 0 Å². The van der Waals surface area contributed by atoms with Gasteiger partial charge in [-0.2, -0.15) is 5.10 Å². The molecule has 23 heavy (non-hydrogen) atoms. The van der Waals surface area contributed by atoms with E-state index in [2.05, 4.69) is 20.6 Å². The Bertz CT molecular complexity index is 660. The Morgan fingerprint density at radius 3 is 3.00 bits per heavy atom. The van der Waals surface area contributed by atoms with Crippen LogP contribution in [0.15, 0.2) is 6.33 Å². The van der Waals surface area contributed by atoms with Crippen LogP contribution in [-0.4, -0.2) is 49.2 Å². The van der Waals surface area contributed by atoms with Gasteiger partial charge >= 0.3 is 5.97 Å². The third-order valence-electron chi connectivity index (χ3n) is 3.87. The average Bonchev–Trinajstić information content (AvgIpc) is 3.18. The van der Waals surface area contributed by atoms with Crippen molar-refractivity contribution in [3.63, 3.8) is 0 Å². The van der Waals surface area contributed by atoms with Gasteiger partial charge in [-0.1, -0.05) is 0 Å². The van der Waals surface area contributed by atoms with Crippen LogP contribution < -0.4 is 0 Å². The quantitative estimate of drug-likeness (QED) is 0.761. The topological polar surface area (TPSA) is 96.9 Å². The highest BCUT2D eigenvalue weighted by molar-refractivity contribution is 5.89. The molecule has 0 radical (unpaired) electrons. The van der Waals surface area contributed by atoms with E-state index in [1.54, 1.807) is 16.3 Å². The highest BCUT2D eigenvalue weighted by Gasteiger charge is 2.26. The first-order valence-corrected chi connectivity index (χ1v) is 7.78. The second-order valence-electron chi connectivity index (χ2n) is 5.41. The van der Waals surface area contributed by atoms with Crippen LogP contribution in [0.3, 0.4) is 0 Å². The molecule has 1 fully saturated rings. The molecule has 124 valence electrons. The minimum Gasteiger partial charge on any atom is -0.461 e. The van der Waals surface area contributed by atoms with Crippen LogP contribution >= 0.6 is 0 Å². The fraction of sp³-hybridized carbons (Fsp3) is 0.643. The Balaban J connectivity index is 1.97. The Labute approximate surface area is 133 Å². The largest absolute Gasteiger partial charge is 0.461 e. The number of aromatic nitrogens is 6. The fourth-order valence-electron chi connectivity index (χ4n) is 2.70. The van der Waals surface area contributed by atoms with Crippen LogP contribution in [0, 0.1) is 6.92 Å². The van der Waals surface area contributed by atoms with E-state index in [1.807, 2.05) is 6.92 Å². The summed E-state index contributed by atoms with van der Waals surface area (Å²) >= 11 is 0. The standard InChI is InChI=1S/C14H20N6O3/c1-3-22-14(21)13-10(2)11(8-19-9-15-17-18-19)20(16-13)12-6-4-5-7-23-12/h9,12H,3-8H2,1-2H3. The first-order chi connectivity index (χ1) is 11.2. The lowest BCUT2D eigenvalue weighted by Crippen LogP contribution is -2.22. The van der Waals surface area contributed by atoms with Crippen LogP contribution in [0.5, 0.6) is 0 Å². The predicted octanol–water partition coefficient (Wildman–Crippen LogP) is 1.10. The molecule has 0 amide bonds. The zero-order valence-electron chi connectivity index (χ0n) is 13.3. The maximum absolute atomic E-state index is 12.1. The maximum atomic E-state index is 12.1. The van der Waals surface area contributed by atoms with E-state index in [1.165, 1.54) is 6.33 Å². The van der Waals surface area contributed by atoms with Crippen molar-refractivity contribution in [3.05, 3.63) is 23.3 Å². The van der Waals surface area contributed by atoms with Crippen LogP contribution in [0.2, 0.25) is 0 Å². The van der Waals surface area contributed by atoms with E-state index in [0.29, 0.717) is 25.5 Å². The summed E-state index contributed by atoms with van der Waals surface area (Å²) in [5.41, 5.74) is 1.95. The van der Waals surface area contributed by atoms with Crippen molar-refractivity contribution in [1.29, 1.82) is 0 Å². The van der Waals surface area contributed by atoms with Crippen molar-refractivity contribution >= 4 is 5.97 Å². The number of esters is 1. The lowest BCUT2D eigenvalue weighted by molar-refractivity contribution is -0.0415. The molecule has 1 saturated heterocycles. The van der Waals surface area contributed by atoms with Crippen molar-refractivity contribution in [2.75, 3.05) is 13.2 Å². The first kappa shape index (κ1) is 15.6. The van der Waals surface area contributed by atoms with Gasteiger partial charge in [0.1, 0.15) is 6.33 Å². The van der Waals surface area contributed by atoms with Crippen LogP contribution in [-0.2, 0) is 16.0 Å². The third-order valence-corrected chi connectivity index (χ3v) is 3.87. The molecule has 0 aromatic carbocycles. The zero-order valence-corrected chi connectivity index (χ0v) is 13.3. The van der Waals surface area contributed by atoms with Gasteiger partial charge in [-0.25, -0.2) is 14.2 Å². The molecule has 0 N–H and O–H groups in total. The molecule has 2 aromatic rings. The Hall–Kier alpha value is -2.29. The number of nitrogens with zero attached hydrogens (tertiary/aromatic N) is 6. The summed E-state index contributed by atoms with van der Waals surface area (Å²) in [6.45, 7) is 5.07. The molecule has 9 nitrogen and oxygen atoms in total. The second kappa shape index (κ2) is 6.86. The molecule has 0 saturated carbocycles. The van der Waals surface area contributed by atoms with Crippen molar-refractivity contribution in [2.45, 2.75) is 45.9 Å². The lowest BCUT2D eigenvalue weighted by atomic mass is 10.1.